The zero-order chi connectivity index (χ0) is 13.8. The van der Waals surface area contributed by atoms with Crippen molar-refractivity contribution in [1.29, 1.82) is 0 Å². The molecular weight excluding hydrogens is 243 g/mol. The molecule has 0 bridgehead atoms. The molecule has 1 amide bonds. The predicted molar refractivity (Wildman–Crippen MR) is 73.4 cm³/mol. The van der Waals surface area contributed by atoms with Crippen LogP contribution in [0.4, 0.5) is 10.1 Å². The minimum absolute atomic E-state index is 0.257. The van der Waals surface area contributed by atoms with Crippen molar-refractivity contribution in [3.63, 3.8) is 0 Å². The Balaban J connectivity index is 2.07. The van der Waals surface area contributed by atoms with Gasteiger partial charge in [0.05, 0.1) is 0 Å². The number of carbonyl (C=O) groups excluding carboxylic acids is 1. The van der Waals surface area contributed by atoms with Crippen LogP contribution in [0.15, 0.2) is 42.5 Å². The van der Waals surface area contributed by atoms with E-state index >= 15 is 0 Å². The molecule has 19 heavy (non-hydrogen) atoms. The van der Waals surface area contributed by atoms with Crippen LogP contribution >= 0.6 is 0 Å². The number of anilines is 1. The van der Waals surface area contributed by atoms with E-state index < -0.39 is 5.91 Å². The predicted octanol–water partition coefficient (Wildman–Crippen LogP) is 2.85. The van der Waals surface area contributed by atoms with E-state index in [1.165, 1.54) is 12.1 Å². The van der Waals surface area contributed by atoms with Gasteiger partial charge < -0.3 is 11.1 Å². The molecule has 0 heterocycles. The van der Waals surface area contributed by atoms with Crippen LogP contribution in [-0.4, -0.2) is 5.91 Å². The van der Waals surface area contributed by atoms with Crippen LogP contribution in [0.25, 0.3) is 0 Å². The highest BCUT2D eigenvalue weighted by Crippen LogP contribution is 2.14. The van der Waals surface area contributed by atoms with Gasteiger partial charge in [0.1, 0.15) is 5.82 Å². The Morgan fingerprint density at radius 2 is 1.89 bits per heavy atom. The van der Waals surface area contributed by atoms with E-state index in [9.17, 15) is 9.18 Å². The molecule has 0 aromatic heterocycles. The van der Waals surface area contributed by atoms with Gasteiger partial charge in [0.2, 0.25) is 5.91 Å². The lowest BCUT2D eigenvalue weighted by Gasteiger charge is -2.10. The summed E-state index contributed by atoms with van der Waals surface area (Å²) in [4.78, 5) is 11.0. The number of aryl methyl sites for hydroxylation is 1. The third-order valence-electron chi connectivity index (χ3n) is 2.95. The molecule has 0 atom stereocenters. The second-order valence-corrected chi connectivity index (χ2v) is 4.37. The Bertz CT molecular complexity index is 594. The van der Waals surface area contributed by atoms with E-state index in [0.717, 1.165) is 16.8 Å². The van der Waals surface area contributed by atoms with Crippen LogP contribution in [0.1, 0.15) is 21.5 Å². The first-order chi connectivity index (χ1) is 9.06. The Kier molecular flexibility index (Phi) is 3.80. The van der Waals surface area contributed by atoms with Crippen LogP contribution in [0.5, 0.6) is 0 Å². The highest BCUT2D eigenvalue weighted by molar-refractivity contribution is 5.93. The van der Waals surface area contributed by atoms with Crippen LogP contribution in [0.2, 0.25) is 0 Å². The molecule has 4 heteroatoms. The van der Waals surface area contributed by atoms with E-state index in [1.54, 1.807) is 24.3 Å². The molecule has 0 fully saturated rings. The lowest BCUT2D eigenvalue weighted by atomic mass is 10.0. The molecule has 2 rings (SSSR count). The summed E-state index contributed by atoms with van der Waals surface area (Å²) in [6.45, 7) is 2.53. The number of hydrogen-bond donors (Lipinski definition) is 2. The Morgan fingerprint density at radius 3 is 2.47 bits per heavy atom. The van der Waals surface area contributed by atoms with Crippen LogP contribution < -0.4 is 11.1 Å². The van der Waals surface area contributed by atoms with Gasteiger partial charge in [0.25, 0.3) is 0 Å². The quantitative estimate of drug-likeness (QED) is 0.886. The number of primary amides is 1. The average Bonchev–Trinajstić information content (AvgIpc) is 2.39. The number of rotatable bonds is 4. The smallest absolute Gasteiger partial charge is 0.248 e. The molecule has 98 valence electrons. The molecule has 0 saturated carbocycles. The molecule has 3 N–H and O–H groups in total. The molecule has 2 aromatic carbocycles. The zero-order valence-electron chi connectivity index (χ0n) is 10.6. The molecule has 2 aromatic rings. The number of benzene rings is 2. The number of halogens is 1. The molecule has 0 aliphatic rings. The van der Waals surface area contributed by atoms with Crippen molar-refractivity contribution < 1.29 is 9.18 Å². The first kappa shape index (κ1) is 13.1. The largest absolute Gasteiger partial charge is 0.381 e. The fourth-order valence-corrected chi connectivity index (χ4v) is 1.81. The highest BCUT2D eigenvalue weighted by Gasteiger charge is 2.04. The van der Waals surface area contributed by atoms with E-state index in [1.807, 2.05) is 13.0 Å². The number of carbonyl (C=O) groups is 1. The second-order valence-electron chi connectivity index (χ2n) is 4.37. The monoisotopic (exact) mass is 258 g/mol. The SMILES string of the molecule is Cc1cc(C(N)=O)ccc1CNc1ccc(F)cc1. The van der Waals surface area contributed by atoms with Gasteiger partial charge in [0.15, 0.2) is 0 Å². The summed E-state index contributed by atoms with van der Waals surface area (Å²) in [5.41, 5.74) is 8.63. The van der Waals surface area contributed by atoms with Crippen molar-refractivity contribution >= 4 is 11.6 Å². The van der Waals surface area contributed by atoms with Gasteiger partial charge in [0, 0.05) is 17.8 Å². The average molecular weight is 258 g/mol. The summed E-state index contributed by atoms with van der Waals surface area (Å²) in [6, 6.07) is 11.5. The normalized spacial score (nSPS) is 10.2. The third-order valence-corrected chi connectivity index (χ3v) is 2.95. The van der Waals surface area contributed by atoms with E-state index in [2.05, 4.69) is 5.32 Å². The van der Waals surface area contributed by atoms with Gasteiger partial charge in [-0.1, -0.05) is 6.07 Å². The summed E-state index contributed by atoms with van der Waals surface area (Å²) in [5, 5.41) is 3.19. The number of nitrogens with one attached hydrogen (secondary N) is 1. The number of hydrogen-bond acceptors (Lipinski definition) is 2. The van der Waals surface area contributed by atoms with Crippen molar-refractivity contribution in [1.82, 2.24) is 0 Å². The highest BCUT2D eigenvalue weighted by atomic mass is 19.1. The molecule has 0 saturated heterocycles. The van der Waals surface area contributed by atoms with E-state index in [4.69, 9.17) is 5.73 Å². The molecular formula is C15H15FN2O. The minimum atomic E-state index is -0.429. The molecule has 0 aliphatic carbocycles. The van der Waals surface area contributed by atoms with Crippen LogP contribution in [0.3, 0.4) is 0 Å². The maximum atomic E-state index is 12.8. The molecule has 0 spiro atoms. The zero-order valence-corrected chi connectivity index (χ0v) is 10.6. The van der Waals surface area contributed by atoms with Crippen molar-refractivity contribution in [3.05, 3.63) is 65.0 Å². The summed E-state index contributed by atoms with van der Waals surface area (Å²) >= 11 is 0. The first-order valence-electron chi connectivity index (χ1n) is 5.95. The molecule has 0 aliphatic heterocycles. The summed E-state index contributed by atoms with van der Waals surface area (Å²) in [6.07, 6.45) is 0. The Morgan fingerprint density at radius 1 is 1.21 bits per heavy atom. The van der Waals surface area contributed by atoms with Crippen molar-refractivity contribution in [2.45, 2.75) is 13.5 Å². The van der Waals surface area contributed by atoms with E-state index in [-0.39, 0.29) is 5.82 Å². The fourth-order valence-electron chi connectivity index (χ4n) is 1.81. The standard InChI is InChI=1S/C15H15FN2O/c1-10-8-11(15(17)19)2-3-12(10)9-18-14-6-4-13(16)5-7-14/h2-8,18H,9H2,1H3,(H2,17,19). The van der Waals surface area contributed by atoms with Gasteiger partial charge in [-0.05, 0) is 54.4 Å². The fraction of sp³-hybridized carbons (Fsp3) is 0.133. The first-order valence-corrected chi connectivity index (χ1v) is 5.95. The minimum Gasteiger partial charge on any atom is -0.381 e. The van der Waals surface area contributed by atoms with Crippen LogP contribution in [0, 0.1) is 12.7 Å². The van der Waals surface area contributed by atoms with Gasteiger partial charge in [-0.2, -0.15) is 0 Å². The van der Waals surface area contributed by atoms with Crippen molar-refractivity contribution in [2.24, 2.45) is 5.73 Å². The third kappa shape index (κ3) is 3.31. The lowest BCUT2D eigenvalue weighted by molar-refractivity contribution is 0.1000. The second kappa shape index (κ2) is 5.52. The van der Waals surface area contributed by atoms with Crippen LogP contribution in [-0.2, 0) is 6.54 Å². The molecule has 0 radical (unpaired) electrons. The summed E-state index contributed by atoms with van der Waals surface area (Å²) in [7, 11) is 0. The molecule has 0 unspecified atom stereocenters. The van der Waals surface area contributed by atoms with Crippen molar-refractivity contribution in [2.75, 3.05) is 5.32 Å². The summed E-state index contributed by atoms with van der Waals surface area (Å²) in [5.74, 6) is -0.686. The Labute approximate surface area is 111 Å². The molecule has 3 nitrogen and oxygen atoms in total. The summed E-state index contributed by atoms with van der Waals surface area (Å²) < 4.78 is 12.8. The van der Waals surface area contributed by atoms with Gasteiger partial charge >= 0.3 is 0 Å². The lowest BCUT2D eigenvalue weighted by Crippen LogP contribution is -2.11. The van der Waals surface area contributed by atoms with Crippen molar-refractivity contribution in [3.8, 4) is 0 Å². The number of nitrogens with two attached hydrogens (primary N) is 1. The van der Waals surface area contributed by atoms with Gasteiger partial charge in [-0.15, -0.1) is 0 Å². The Hall–Kier alpha value is -2.36. The van der Waals surface area contributed by atoms with Gasteiger partial charge in [-0.25, -0.2) is 4.39 Å². The maximum absolute atomic E-state index is 12.8. The number of amides is 1. The topological polar surface area (TPSA) is 55.1 Å². The van der Waals surface area contributed by atoms with E-state index in [0.29, 0.717) is 12.1 Å². The maximum Gasteiger partial charge on any atom is 0.248 e. The van der Waals surface area contributed by atoms with Gasteiger partial charge in [-0.3, -0.25) is 4.79 Å².